The van der Waals surface area contributed by atoms with E-state index in [1.54, 1.807) is 23.8 Å². The van der Waals surface area contributed by atoms with Gasteiger partial charge in [0.2, 0.25) is 5.91 Å². The number of fused-ring (bicyclic) bond motifs is 3. The molecule has 2 fully saturated rings. The lowest BCUT2D eigenvalue weighted by atomic mass is 9.84. The molecule has 7 heteroatoms. The summed E-state index contributed by atoms with van der Waals surface area (Å²) in [5.41, 5.74) is 0.419. The number of aryl methyl sites for hydroxylation is 1. The number of benzene rings is 1. The first-order valence-corrected chi connectivity index (χ1v) is 10.9. The van der Waals surface area contributed by atoms with Gasteiger partial charge in [0, 0.05) is 25.1 Å². The third-order valence-corrected chi connectivity index (χ3v) is 6.96. The predicted octanol–water partition coefficient (Wildman–Crippen LogP) is 3.13. The lowest BCUT2D eigenvalue weighted by Gasteiger charge is -2.28. The molecule has 4 rings (SSSR count). The van der Waals surface area contributed by atoms with Crippen LogP contribution in [0.25, 0.3) is 10.9 Å². The van der Waals surface area contributed by atoms with Gasteiger partial charge in [-0.05, 0) is 56.4 Å². The Labute approximate surface area is 176 Å². The van der Waals surface area contributed by atoms with Gasteiger partial charge in [-0.25, -0.2) is 4.98 Å². The zero-order chi connectivity index (χ0) is 21.3. The normalized spacial score (nSPS) is 23.5. The minimum Gasteiger partial charge on any atom is -0.493 e. The van der Waals surface area contributed by atoms with Crippen LogP contribution in [-0.4, -0.2) is 35.7 Å². The van der Waals surface area contributed by atoms with Crippen molar-refractivity contribution in [1.82, 2.24) is 14.9 Å². The van der Waals surface area contributed by atoms with Crippen LogP contribution in [0.5, 0.6) is 11.5 Å². The molecule has 1 N–H and O–H groups in total. The Morgan fingerprint density at radius 2 is 2.00 bits per heavy atom. The van der Waals surface area contributed by atoms with Gasteiger partial charge in [0.15, 0.2) is 11.5 Å². The highest BCUT2D eigenvalue weighted by Gasteiger charge is 2.42. The topological polar surface area (TPSA) is 82.5 Å². The number of aromatic nitrogens is 2. The van der Waals surface area contributed by atoms with E-state index >= 15 is 0 Å². The molecule has 7 nitrogen and oxygen atoms in total. The molecule has 1 heterocycles. The number of nitrogens with one attached hydrogen (secondary N) is 1. The van der Waals surface area contributed by atoms with E-state index in [4.69, 9.17) is 9.47 Å². The Kier molecular flexibility index (Phi) is 5.97. The van der Waals surface area contributed by atoms with Crippen molar-refractivity contribution in [1.29, 1.82) is 0 Å². The number of hydrogen-bond acceptors (Lipinski definition) is 5. The maximum Gasteiger partial charge on any atom is 0.261 e. The van der Waals surface area contributed by atoms with Crippen molar-refractivity contribution in [3.8, 4) is 11.5 Å². The number of hydrogen-bond donors (Lipinski definition) is 1. The van der Waals surface area contributed by atoms with Gasteiger partial charge >= 0.3 is 0 Å². The highest BCUT2D eigenvalue weighted by Crippen LogP contribution is 2.49. The van der Waals surface area contributed by atoms with Crippen molar-refractivity contribution in [3.05, 3.63) is 28.8 Å². The Morgan fingerprint density at radius 1 is 1.23 bits per heavy atom. The quantitative estimate of drug-likeness (QED) is 0.719. The van der Waals surface area contributed by atoms with Gasteiger partial charge < -0.3 is 14.8 Å². The molecule has 4 atom stereocenters. The Hall–Kier alpha value is -2.57. The number of ether oxygens (including phenoxy) is 2. The largest absolute Gasteiger partial charge is 0.493 e. The number of carbonyl (C=O) groups excluding carboxylic acids is 1. The summed E-state index contributed by atoms with van der Waals surface area (Å²) in [6.45, 7) is 2.59. The molecule has 0 aliphatic heterocycles. The first-order valence-electron chi connectivity index (χ1n) is 10.9. The van der Waals surface area contributed by atoms with Crippen molar-refractivity contribution in [2.24, 2.45) is 17.8 Å². The van der Waals surface area contributed by atoms with Crippen LogP contribution in [0.3, 0.4) is 0 Å². The van der Waals surface area contributed by atoms with E-state index in [0.717, 1.165) is 11.8 Å². The zero-order valence-corrected chi connectivity index (χ0v) is 18.0. The van der Waals surface area contributed by atoms with E-state index in [1.807, 2.05) is 0 Å². The molecule has 0 radical (unpaired) electrons. The number of carbonyl (C=O) groups is 1. The number of nitrogens with zero attached hydrogens (tertiary/aromatic N) is 2. The smallest absolute Gasteiger partial charge is 0.261 e. The molecule has 0 saturated heterocycles. The predicted molar refractivity (Wildman–Crippen MR) is 115 cm³/mol. The molecule has 0 unspecified atom stereocenters. The highest BCUT2D eigenvalue weighted by atomic mass is 16.5. The second kappa shape index (κ2) is 8.66. The van der Waals surface area contributed by atoms with Gasteiger partial charge in [-0.15, -0.1) is 0 Å². The fourth-order valence-electron chi connectivity index (χ4n) is 5.39. The molecule has 1 aromatic carbocycles. The first-order chi connectivity index (χ1) is 14.5. The van der Waals surface area contributed by atoms with Crippen LogP contribution < -0.4 is 20.3 Å². The average molecular weight is 414 g/mol. The molecule has 30 heavy (non-hydrogen) atoms. The van der Waals surface area contributed by atoms with Gasteiger partial charge in [0.05, 0.1) is 31.4 Å². The fourth-order valence-corrected chi connectivity index (χ4v) is 5.39. The summed E-state index contributed by atoms with van der Waals surface area (Å²) in [5.74, 6) is 3.41. The van der Waals surface area contributed by atoms with E-state index in [1.165, 1.54) is 39.1 Å². The lowest BCUT2D eigenvalue weighted by molar-refractivity contribution is -0.122. The summed E-state index contributed by atoms with van der Waals surface area (Å²) in [5, 5.41) is 3.67. The molecular weight excluding hydrogens is 382 g/mol. The summed E-state index contributed by atoms with van der Waals surface area (Å²) in [7, 11) is 3.09. The molecule has 2 aliphatic carbocycles. The second-order valence-electron chi connectivity index (χ2n) is 8.77. The van der Waals surface area contributed by atoms with Crippen LogP contribution in [-0.2, 0) is 11.3 Å². The van der Waals surface area contributed by atoms with Crippen LogP contribution in [0.1, 0.15) is 45.4 Å². The molecule has 1 amide bonds. The number of methoxy groups -OCH3 is 2. The van der Waals surface area contributed by atoms with E-state index in [0.29, 0.717) is 47.7 Å². The summed E-state index contributed by atoms with van der Waals surface area (Å²) in [6, 6.07) is 3.59. The Morgan fingerprint density at radius 3 is 2.67 bits per heavy atom. The van der Waals surface area contributed by atoms with E-state index in [-0.39, 0.29) is 17.5 Å². The van der Waals surface area contributed by atoms with Gasteiger partial charge in [-0.1, -0.05) is 6.42 Å². The summed E-state index contributed by atoms with van der Waals surface area (Å²) in [4.78, 5) is 29.6. The molecule has 0 spiro atoms. The van der Waals surface area contributed by atoms with Crippen molar-refractivity contribution in [3.63, 3.8) is 0 Å². The number of amides is 1. The summed E-state index contributed by atoms with van der Waals surface area (Å²) >= 11 is 0. The molecule has 2 aromatic rings. The fraction of sp³-hybridized carbons (Fsp3) is 0.609. The van der Waals surface area contributed by atoms with Gasteiger partial charge in [-0.2, -0.15) is 0 Å². The van der Waals surface area contributed by atoms with E-state index in [2.05, 4.69) is 17.2 Å². The van der Waals surface area contributed by atoms with Crippen molar-refractivity contribution in [2.75, 3.05) is 14.2 Å². The minimum absolute atomic E-state index is 0.0680. The standard InChI is InChI=1S/C23H31N3O4/c1-14(17-10-15-6-7-16(17)9-15)25-22(27)5-4-8-26-13-24-19-12-21(30-3)20(29-2)11-18(19)23(26)28/h11-17H,4-10H2,1-3H3,(H,25,27)/t14-,15-,16-,17-/m0/s1. The van der Waals surface area contributed by atoms with Crippen LogP contribution in [0.2, 0.25) is 0 Å². The van der Waals surface area contributed by atoms with Gasteiger partial charge in [0.1, 0.15) is 0 Å². The molecule has 1 aromatic heterocycles. The van der Waals surface area contributed by atoms with Crippen LogP contribution >= 0.6 is 0 Å². The highest BCUT2D eigenvalue weighted by molar-refractivity contribution is 5.81. The molecule has 2 saturated carbocycles. The lowest BCUT2D eigenvalue weighted by Crippen LogP contribution is -2.40. The number of rotatable bonds is 8. The maximum absolute atomic E-state index is 12.8. The Balaban J connectivity index is 1.34. The van der Waals surface area contributed by atoms with Crippen molar-refractivity contribution in [2.45, 2.75) is 58.0 Å². The van der Waals surface area contributed by atoms with Crippen molar-refractivity contribution >= 4 is 16.8 Å². The minimum atomic E-state index is -0.142. The van der Waals surface area contributed by atoms with E-state index < -0.39 is 0 Å². The van der Waals surface area contributed by atoms with Gasteiger partial charge in [0.25, 0.3) is 5.56 Å². The first kappa shape index (κ1) is 20.7. The monoisotopic (exact) mass is 413 g/mol. The third-order valence-electron chi connectivity index (χ3n) is 6.96. The summed E-state index contributed by atoms with van der Waals surface area (Å²) in [6.07, 6.45) is 7.83. The SMILES string of the molecule is COc1cc2ncn(CCCC(=O)N[C@@H](C)[C@@H]3C[C@H]4CC[C@H]3C4)c(=O)c2cc1OC. The Bertz CT molecular complexity index is 986. The van der Waals surface area contributed by atoms with Crippen molar-refractivity contribution < 1.29 is 14.3 Å². The van der Waals surface area contributed by atoms with Crippen LogP contribution in [0.15, 0.2) is 23.3 Å². The van der Waals surface area contributed by atoms with Crippen LogP contribution in [0, 0.1) is 17.8 Å². The summed E-state index contributed by atoms with van der Waals surface area (Å²) < 4.78 is 12.1. The second-order valence-corrected chi connectivity index (χ2v) is 8.77. The van der Waals surface area contributed by atoms with Crippen LogP contribution in [0.4, 0.5) is 0 Å². The zero-order valence-electron chi connectivity index (χ0n) is 18.0. The molecular formula is C23H31N3O4. The van der Waals surface area contributed by atoms with Gasteiger partial charge in [-0.3, -0.25) is 14.2 Å². The molecule has 2 bridgehead atoms. The average Bonchev–Trinajstić information content (AvgIpc) is 3.38. The molecule has 162 valence electrons. The maximum atomic E-state index is 12.8. The third kappa shape index (κ3) is 4.02. The molecule has 2 aliphatic rings. The van der Waals surface area contributed by atoms with E-state index in [9.17, 15) is 9.59 Å².